The first-order chi connectivity index (χ1) is 9.79. The fourth-order valence-corrected chi connectivity index (χ4v) is 3.83. The van der Waals surface area contributed by atoms with Gasteiger partial charge in [-0.15, -0.1) is 5.10 Å². The number of aryl methyl sites for hydroxylation is 1. The monoisotopic (exact) mass is 269 g/mol. The Labute approximate surface area is 118 Å². The second-order valence-electron chi connectivity index (χ2n) is 6.11. The Balaban J connectivity index is 1.56. The van der Waals surface area contributed by atoms with Crippen molar-refractivity contribution in [1.82, 2.24) is 20.2 Å². The molecule has 2 fully saturated rings. The van der Waals surface area contributed by atoms with E-state index in [0.29, 0.717) is 6.04 Å². The lowest BCUT2D eigenvalue weighted by molar-refractivity contribution is 0.440. The van der Waals surface area contributed by atoms with Gasteiger partial charge in [-0.3, -0.25) is 0 Å². The molecule has 0 aliphatic heterocycles. The lowest BCUT2D eigenvalue weighted by Gasteiger charge is -2.24. The fraction of sp³-hybridized carbons (Fsp3) is 0.533. The van der Waals surface area contributed by atoms with E-state index in [0.717, 1.165) is 23.3 Å². The summed E-state index contributed by atoms with van der Waals surface area (Å²) in [6, 6.07) is 9.02. The Hall–Kier alpha value is -1.91. The number of tetrazole rings is 1. The van der Waals surface area contributed by atoms with Gasteiger partial charge < -0.3 is 5.32 Å². The van der Waals surface area contributed by atoms with Crippen LogP contribution >= 0.6 is 0 Å². The topological polar surface area (TPSA) is 55.6 Å². The van der Waals surface area contributed by atoms with Crippen molar-refractivity contribution < 1.29 is 0 Å². The number of fused-ring (bicyclic) bond motifs is 2. The van der Waals surface area contributed by atoms with E-state index in [1.165, 1.54) is 31.4 Å². The Kier molecular flexibility index (Phi) is 2.72. The van der Waals surface area contributed by atoms with Gasteiger partial charge in [0.15, 0.2) is 5.82 Å². The zero-order valence-corrected chi connectivity index (χ0v) is 11.7. The van der Waals surface area contributed by atoms with Crippen LogP contribution in [0.25, 0.3) is 5.69 Å². The third-order valence-corrected chi connectivity index (χ3v) is 4.81. The van der Waals surface area contributed by atoms with Crippen LogP contribution in [-0.2, 0) is 0 Å². The molecule has 2 saturated carbocycles. The number of aromatic nitrogens is 4. The number of nitrogens with one attached hydrogen (secondary N) is 1. The fourth-order valence-electron chi connectivity index (χ4n) is 3.83. The molecule has 2 bridgehead atoms. The second-order valence-corrected chi connectivity index (χ2v) is 6.11. The first-order valence-electron chi connectivity index (χ1n) is 7.41. The summed E-state index contributed by atoms with van der Waals surface area (Å²) in [4.78, 5) is 0. The normalized spacial score (nSPS) is 27.9. The molecule has 104 valence electrons. The van der Waals surface area contributed by atoms with Crippen LogP contribution in [0.4, 0.5) is 5.69 Å². The molecule has 1 aromatic heterocycles. The highest BCUT2D eigenvalue weighted by Gasteiger charge is 2.39. The van der Waals surface area contributed by atoms with Crippen molar-refractivity contribution >= 4 is 5.69 Å². The summed E-state index contributed by atoms with van der Waals surface area (Å²) in [5.41, 5.74) is 2.19. The Bertz CT molecular complexity index is 620. The van der Waals surface area contributed by atoms with Crippen molar-refractivity contribution in [3.8, 4) is 5.69 Å². The van der Waals surface area contributed by atoms with Crippen LogP contribution in [0.2, 0.25) is 0 Å². The number of hydrogen-bond acceptors (Lipinski definition) is 4. The van der Waals surface area contributed by atoms with Gasteiger partial charge in [0, 0.05) is 11.7 Å². The zero-order chi connectivity index (χ0) is 13.5. The van der Waals surface area contributed by atoms with Crippen molar-refractivity contribution in [2.24, 2.45) is 11.8 Å². The molecule has 0 radical (unpaired) electrons. The van der Waals surface area contributed by atoms with Gasteiger partial charge >= 0.3 is 0 Å². The minimum atomic E-state index is 0.652. The van der Waals surface area contributed by atoms with Gasteiger partial charge in [0.1, 0.15) is 0 Å². The molecule has 3 atom stereocenters. The molecule has 5 heteroatoms. The van der Waals surface area contributed by atoms with E-state index < -0.39 is 0 Å². The minimum absolute atomic E-state index is 0.652. The number of rotatable bonds is 3. The number of anilines is 1. The molecule has 3 unspecified atom stereocenters. The van der Waals surface area contributed by atoms with Crippen LogP contribution in [0.15, 0.2) is 24.3 Å². The van der Waals surface area contributed by atoms with E-state index in [4.69, 9.17) is 0 Å². The van der Waals surface area contributed by atoms with Crippen molar-refractivity contribution in [3.05, 3.63) is 30.1 Å². The van der Waals surface area contributed by atoms with Crippen LogP contribution in [0.3, 0.4) is 0 Å². The van der Waals surface area contributed by atoms with Crippen LogP contribution < -0.4 is 5.32 Å². The third kappa shape index (κ3) is 1.97. The van der Waals surface area contributed by atoms with Crippen LogP contribution in [0.5, 0.6) is 0 Å². The second kappa shape index (κ2) is 4.58. The van der Waals surface area contributed by atoms with Crippen molar-refractivity contribution in [2.75, 3.05) is 5.32 Å². The van der Waals surface area contributed by atoms with Gasteiger partial charge in [0.25, 0.3) is 0 Å². The highest BCUT2D eigenvalue weighted by molar-refractivity contribution is 5.51. The van der Waals surface area contributed by atoms with E-state index in [9.17, 15) is 0 Å². The summed E-state index contributed by atoms with van der Waals surface area (Å²) in [7, 11) is 0. The summed E-state index contributed by atoms with van der Waals surface area (Å²) in [6.45, 7) is 1.91. The first-order valence-corrected chi connectivity index (χ1v) is 7.41. The highest BCUT2D eigenvalue weighted by atomic mass is 15.5. The van der Waals surface area contributed by atoms with Gasteiger partial charge in [0.2, 0.25) is 0 Å². The van der Waals surface area contributed by atoms with Crippen molar-refractivity contribution in [1.29, 1.82) is 0 Å². The molecule has 0 saturated heterocycles. The average Bonchev–Trinajstić information content (AvgIpc) is 3.15. The molecular weight excluding hydrogens is 250 g/mol. The molecule has 2 aliphatic rings. The molecule has 0 spiro atoms. The lowest BCUT2D eigenvalue weighted by Crippen LogP contribution is -2.25. The Morgan fingerprint density at radius 3 is 2.90 bits per heavy atom. The number of hydrogen-bond donors (Lipinski definition) is 1. The van der Waals surface area contributed by atoms with E-state index in [1.54, 1.807) is 4.68 Å². The van der Waals surface area contributed by atoms with Crippen molar-refractivity contribution in [2.45, 2.75) is 38.6 Å². The molecule has 1 heterocycles. The average molecular weight is 269 g/mol. The molecule has 20 heavy (non-hydrogen) atoms. The van der Waals surface area contributed by atoms with Crippen LogP contribution in [-0.4, -0.2) is 26.2 Å². The van der Waals surface area contributed by atoms with Crippen LogP contribution in [0.1, 0.15) is 31.5 Å². The van der Waals surface area contributed by atoms with E-state index >= 15 is 0 Å². The van der Waals surface area contributed by atoms with Crippen molar-refractivity contribution in [3.63, 3.8) is 0 Å². The molecule has 2 aliphatic carbocycles. The summed E-state index contributed by atoms with van der Waals surface area (Å²) in [6.07, 6.45) is 5.59. The smallest absolute Gasteiger partial charge is 0.153 e. The van der Waals surface area contributed by atoms with Gasteiger partial charge in [-0.25, -0.2) is 0 Å². The Morgan fingerprint density at radius 2 is 2.20 bits per heavy atom. The molecule has 2 aromatic rings. The SMILES string of the molecule is Cc1nnnn1-c1cccc(NC2CC3CCC2C3)c1. The summed E-state index contributed by atoms with van der Waals surface area (Å²) in [5.74, 6) is 2.64. The maximum absolute atomic E-state index is 4.02. The van der Waals surface area contributed by atoms with Gasteiger partial charge in [-0.2, -0.15) is 4.68 Å². The predicted octanol–water partition coefficient (Wildman–Crippen LogP) is 2.57. The summed E-state index contributed by atoms with van der Waals surface area (Å²) >= 11 is 0. The zero-order valence-electron chi connectivity index (χ0n) is 11.7. The van der Waals surface area contributed by atoms with Crippen LogP contribution in [0, 0.1) is 18.8 Å². The molecule has 1 N–H and O–H groups in total. The lowest BCUT2D eigenvalue weighted by atomic mass is 9.95. The van der Waals surface area contributed by atoms with E-state index in [-0.39, 0.29) is 0 Å². The molecule has 1 aromatic carbocycles. The quantitative estimate of drug-likeness (QED) is 0.930. The molecule has 4 rings (SSSR count). The highest BCUT2D eigenvalue weighted by Crippen LogP contribution is 2.45. The molecule has 0 amide bonds. The van der Waals surface area contributed by atoms with E-state index in [2.05, 4.69) is 39.0 Å². The number of benzene rings is 1. The standard InChI is InChI=1S/C15H19N5/c1-10-17-18-19-20(10)14-4-2-3-13(9-14)16-15-8-11-5-6-12(15)7-11/h2-4,9,11-12,15-16H,5-8H2,1H3. The van der Waals surface area contributed by atoms with Gasteiger partial charge in [-0.1, -0.05) is 12.5 Å². The summed E-state index contributed by atoms with van der Waals surface area (Å²) < 4.78 is 1.77. The van der Waals surface area contributed by atoms with Gasteiger partial charge in [-0.05, 0) is 66.6 Å². The first kappa shape index (κ1) is 11.9. The van der Waals surface area contributed by atoms with Gasteiger partial charge in [0.05, 0.1) is 5.69 Å². The minimum Gasteiger partial charge on any atom is -0.382 e. The maximum atomic E-state index is 4.02. The largest absolute Gasteiger partial charge is 0.382 e. The Morgan fingerprint density at radius 1 is 1.25 bits per heavy atom. The molecule has 5 nitrogen and oxygen atoms in total. The maximum Gasteiger partial charge on any atom is 0.153 e. The summed E-state index contributed by atoms with van der Waals surface area (Å²) in [5, 5.41) is 15.4. The van der Waals surface area contributed by atoms with E-state index in [1.807, 2.05) is 13.0 Å². The number of nitrogens with zero attached hydrogens (tertiary/aromatic N) is 4. The third-order valence-electron chi connectivity index (χ3n) is 4.81. The molecular formula is C15H19N5. The predicted molar refractivity (Wildman–Crippen MR) is 76.7 cm³/mol.